The van der Waals surface area contributed by atoms with Crippen LogP contribution in [0.4, 0.5) is 0 Å². The van der Waals surface area contributed by atoms with Crippen LogP contribution in [0.25, 0.3) is 0 Å². The van der Waals surface area contributed by atoms with Gasteiger partial charge in [0.25, 0.3) is 0 Å². The molecule has 108 valence electrons. The van der Waals surface area contributed by atoms with E-state index < -0.39 is 0 Å². The van der Waals surface area contributed by atoms with E-state index in [1.54, 1.807) is 0 Å². The zero-order chi connectivity index (χ0) is 14.7. The van der Waals surface area contributed by atoms with Gasteiger partial charge in [0.1, 0.15) is 0 Å². The molecule has 0 saturated carbocycles. The molecule has 1 aromatic heterocycles. The van der Waals surface area contributed by atoms with Crippen LogP contribution in [0, 0.1) is 6.92 Å². The van der Waals surface area contributed by atoms with Crippen LogP contribution in [0.3, 0.4) is 0 Å². The van der Waals surface area contributed by atoms with Crippen LogP contribution in [0.15, 0.2) is 30.3 Å². The molecule has 0 aliphatic heterocycles. The van der Waals surface area contributed by atoms with Gasteiger partial charge in [-0.3, -0.25) is 0 Å². The molecule has 2 rings (SSSR count). The van der Waals surface area contributed by atoms with Crippen molar-refractivity contribution in [2.24, 2.45) is 0 Å². The Hall–Kier alpha value is -0.540. The summed E-state index contributed by atoms with van der Waals surface area (Å²) in [7, 11) is 0. The van der Waals surface area contributed by atoms with E-state index in [2.05, 4.69) is 50.4 Å². The average Bonchev–Trinajstić information content (AvgIpc) is 2.76. The minimum atomic E-state index is 0.178. The SMILES string of the molecule is CCC(NC(C)c1cc(Cl)sc1Cl)c1ccc(C)cc1. The molecule has 1 aromatic carbocycles. The van der Waals surface area contributed by atoms with Gasteiger partial charge in [-0.05, 0) is 37.5 Å². The predicted octanol–water partition coefficient (Wildman–Crippen LogP) is 6.17. The molecule has 0 bridgehead atoms. The van der Waals surface area contributed by atoms with Gasteiger partial charge >= 0.3 is 0 Å². The third-order valence-electron chi connectivity index (χ3n) is 3.49. The van der Waals surface area contributed by atoms with Crippen molar-refractivity contribution in [3.05, 3.63) is 55.7 Å². The Balaban J connectivity index is 2.13. The zero-order valence-corrected chi connectivity index (χ0v) is 14.2. The molecule has 0 aliphatic rings. The summed E-state index contributed by atoms with van der Waals surface area (Å²) in [5.41, 5.74) is 3.67. The molecule has 2 aromatic rings. The number of benzene rings is 1. The smallest absolute Gasteiger partial charge is 0.0991 e. The van der Waals surface area contributed by atoms with Crippen molar-refractivity contribution in [1.29, 1.82) is 0 Å². The van der Waals surface area contributed by atoms with Crippen LogP contribution in [-0.2, 0) is 0 Å². The van der Waals surface area contributed by atoms with E-state index in [0.717, 1.165) is 20.7 Å². The van der Waals surface area contributed by atoms with Gasteiger partial charge in [-0.1, -0.05) is 60.0 Å². The Kier molecular flexibility index (Phi) is 5.50. The third-order valence-corrected chi connectivity index (χ3v) is 5.01. The zero-order valence-electron chi connectivity index (χ0n) is 11.9. The van der Waals surface area contributed by atoms with Crippen molar-refractivity contribution in [3.8, 4) is 0 Å². The molecule has 0 fully saturated rings. The number of rotatable bonds is 5. The number of aryl methyl sites for hydroxylation is 1. The number of halogens is 2. The van der Waals surface area contributed by atoms with Crippen molar-refractivity contribution < 1.29 is 0 Å². The molecule has 1 heterocycles. The standard InChI is InChI=1S/C16H19Cl2NS/c1-4-14(12-7-5-10(2)6-8-12)19-11(3)13-9-15(17)20-16(13)18/h5-9,11,14,19H,4H2,1-3H3. The lowest BCUT2D eigenvalue weighted by Gasteiger charge is -2.23. The molecular formula is C16H19Cl2NS. The highest BCUT2D eigenvalue weighted by Gasteiger charge is 2.17. The molecule has 4 heteroatoms. The second kappa shape index (κ2) is 6.95. The molecule has 2 atom stereocenters. The number of nitrogens with one attached hydrogen (secondary N) is 1. The third kappa shape index (κ3) is 3.76. The molecule has 1 nitrogen and oxygen atoms in total. The second-order valence-electron chi connectivity index (χ2n) is 5.04. The largest absolute Gasteiger partial charge is 0.303 e. The minimum Gasteiger partial charge on any atom is -0.303 e. The number of thiophene rings is 1. The molecule has 0 aliphatic carbocycles. The highest BCUT2D eigenvalue weighted by Crippen LogP contribution is 2.36. The first-order valence-corrected chi connectivity index (χ1v) is 8.35. The first-order valence-electron chi connectivity index (χ1n) is 6.78. The summed E-state index contributed by atoms with van der Waals surface area (Å²) in [6.45, 7) is 6.42. The summed E-state index contributed by atoms with van der Waals surface area (Å²) < 4.78 is 1.51. The topological polar surface area (TPSA) is 12.0 Å². The van der Waals surface area contributed by atoms with E-state index >= 15 is 0 Å². The summed E-state index contributed by atoms with van der Waals surface area (Å²) in [5, 5.41) is 3.64. The fourth-order valence-electron chi connectivity index (χ4n) is 2.29. The Bertz CT molecular complexity index is 562. The Morgan fingerprint density at radius 2 is 1.85 bits per heavy atom. The summed E-state index contributed by atoms with van der Waals surface area (Å²) in [4.78, 5) is 0. The quantitative estimate of drug-likeness (QED) is 0.692. The van der Waals surface area contributed by atoms with Crippen molar-refractivity contribution in [2.75, 3.05) is 0 Å². The molecular weight excluding hydrogens is 309 g/mol. The molecule has 20 heavy (non-hydrogen) atoms. The van der Waals surface area contributed by atoms with Gasteiger partial charge in [0.15, 0.2) is 0 Å². The van der Waals surface area contributed by atoms with Gasteiger partial charge in [-0.2, -0.15) is 0 Å². The summed E-state index contributed by atoms with van der Waals surface area (Å²) in [5.74, 6) is 0. The maximum atomic E-state index is 6.23. The van der Waals surface area contributed by atoms with Gasteiger partial charge < -0.3 is 5.32 Å². The maximum absolute atomic E-state index is 6.23. The van der Waals surface area contributed by atoms with Gasteiger partial charge in [0, 0.05) is 12.1 Å². The van der Waals surface area contributed by atoms with Crippen molar-refractivity contribution in [1.82, 2.24) is 5.32 Å². The van der Waals surface area contributed by atoms with Crippen LogP contribution >= 0.6 is 34.5 Å². The molecule has 0 radical (unpaired) electrons. The normalized spacial score (nSPS) is 14.2. The highest BCUT2D eigenvalue weighted by atomic mass is 35.5. The fraction of sp³-hybridized carbons (Fsp3) is 0.375. The van der Waals surface area contributed by atoms with Crippen LogP contribution in [0.1, 0.15) is 49.0 Å². The fourth-order valence-corrected chi connectivity index (χ4v) is 3.93. The monoisotopic (exact) mass is 327 g/mol. The van der Waals surface area contributed by atoms with Gasteiger partial charge in [-0.25, -0.2) is 0 Å². The average molecular weight is 328 g/mol. The van der Waals surface area contributed by atoms with Gasteiger partial charge in [0.05, 0.1) is 8.67 Å². The van der Waals surface area contributed by atoms with Crippen molar-refractivity contribution >= 4 is 34.5 Å². The Morgan fingerprint density at radius 3 is 2.35 bits per heavy atom. The lowest BCUT2D eigenvalue weighted by atomic mass is 10.0. The molecule has 2 unspecified atom stereocenters. The van der Waals surface area contributed by atoms with Gasteiger partial charge in [0.2, 0.25) is 0 Å². The van der Waals surface area contributed by atoms with E-state index in [1.807, 2.05) is 6.07 Å². The van der Waals surface area contributed by atoms with Crippen LogP contribution in [0.2, 0.25) is 8.67 Å². The van der Waals surface area contributed by atoms with Crippen molar-refractivity contribution in [2.45, 2.75) is 39.3 Å². The first-order chi connectivity index (χ1) is 9.51. The lowest BCUT2D eigenvalue weighted by Crippen LogP contribution is -2.24. The van der Waals surface area contributed by atoms with E-state index in [0.29, 0.717) is 6.04 Å². The van der Waals surface area contributed by atoms with Crippen LogP contribution in [0.5, 0.6) is 0 Å². The lowest BCUT2D eigenvalue weighted by molar-refractivity contribution is 0.457. The van der Waals surface area contributed by atoms with Crippen LogP contribution in [-0.4, -0.2) is 0 Å². The number of hydrogen-bond acceptors (Lipinski definition) is 2. The first kappa shape index (κ1) is 15.8. The molecule has 0 spiro atoms. The summed E-state index contributed by atoms with van der Waals surface area (Å²) >= 11 is 13.7. The predicted molar refractivity (Wildman–Crippen MR) is 90.1 cm³/mol. The molecule has 1 N–H and O–H groups in total. The number of hydrogen-bond donors (Lipinski definition) is 1. The summed E-state index contributed by atoms with van der Waals surface area (Å²) in [6.07, 6.45) is 1.03. The van der Waals surface area contributed by atoms with E-state index in [1.165, 1.54) is 22.5 Å². The van der Waals surface area contributed by atoms with Gasteiger partial charge in [-0.15, -0.1) is 11.3 Å². The van der Waals surface area contributed by atoms with E-state index in [4.69, 9.17) is 23.2 Å². The van der Waals surface area contributed by atoms with E-state index in [9.17, 15) is 0 Å². The molecule has 0 saturated heterocycles. The van der Waals surface area contributed by atoms with E-state index in [-0.39, 0.29) is 6.04 Å². The summed E-state index contributed by atoms with van der Waals surface area (Å²) in [6, 6.07) is 11.1. The Labute approximate surface area is 134 Å². The molecule has 0 amide bonds. The highest BCUT2D eigenvalue weighted by molar-refractivity contribution is 7.20. The maximum Gasteiger partial charge on any atom is 0.0991 e. The second-order valence-corrected chi connectivity index (χ2v) is 7.33. The van der Waals surface area contributed by atoms with Crippen LogP contribution < -0.4 is 5.32 Å². The Morgan fingerprint density at radius 1 is 1.20 bits per heavy atom. The minimum absolute atomic E-state index is 0.178. The van der Waals surface area contributed by atoms with Crippen molar-refractivity contribution in [3.63, 3.8) is 0 Å².